The van der Waals surface area contributed by atoms with Gasteiger partial charge in [0.05, 0.1) is 35.3 Å². The Bertz CT molecular complexity index is 1700. The van der Waals surface area contributed by atoms with Crippen molar-refractivity contribution in [3.05, 3.63) is 65.6 Å². The second-order valence-corrected chi connectivity index (χ2v) is 12.2. The molecule has 3 aromatic carbocycles. The maximum atomic E-state index is 13.9. The molecule has 4 aromatic rings. The summed E-state index contributed by atoms with van der Waals surface area (Å²) in [7, 11) is 0. The van der Waals surface area contributed by atoms with E-state index in [1.165, 1.54) is 0 Å². The fourth-order valence-corrected chi connectivity index (χ4v) is 5.98. The summed E-state index contributed by atoms with van der Waals surface area (Å²) in [6, 6.07) is 15.3. The summed E-state index contributed by atoms with van der Waals surface area (Å²) in [6.45, 7) is 14.3. The Balaban J connectivity index is 1.87. The average molecular weight is 556 g/mol. The minimum absolute atomic E-state index is 0.0200. The molecule has 2 heterocycles. The molecule has 1 unspecified atom stereocenters. The molecule has 1 atom stereocenters. The van der Waals surface area contributed by atoms with Crippen LogP contribution in [0.5, 0.6) is 5.75 Å². The predicted molar refractivity (Wildman–Crippen MR) is 159 cm³/mol. The molecule has 1 aromatic heterocycles. The summed E-state index contributed by atoms with van der Waals surface area (Å²) < 4.78 is 17.7. The van der Waals surface area contributed by atoms with Gasteiger partial charge in [-0.1, -0.05) is 57.2 Å². The molecule has 8 heteroatoms. The lowest BCUT2D eigenvalue weighted by molar-refractivity contribution is -0.148. The zero-order chi connectivity index (χ0) is 29.5. The molecule has 214 valence electrons. The molecular weight excluding hydrogens is 518 g/mol. The molecule has 0 amide bonds. The van der Waals surface area contributed by atoms with Gasteiger partial charge in [0.1, 0.15) is 17.2 Å². The molecular formula is C33H37N3O5. The molecule has 1 aliphatic rings. The lowest BCUT2D eigenvalue weighted by Gasteiger charge is -2.37. The number of carbonyl (C=O) groups excluding carboxylic acids is 2. The fourth-order valence-electron chi connectivity index (χ4n) is 5.98. The lowest BCUT2D eigenvalue weighted by Crippen LogP contribution is -2.45. The summed E-state index contributed by atoms with van der Waals surface area (Å²) in [5, 5.41) is 5.05. The molecule has 0 aliphatic carbocycles. The standard InChI is InChI=1S/C33H37N3O5/c1-8-39-30(37)23-24-27-26(34-21-16-12-13-17-22(21)35-27)19-14-10-11-15-20(19)28(24)41-29(25(23)31(38)40-9-2)36-33(6,7)18-32(3,4)5/h10-17,23,36H,8-9,18H2,1-7H3. The zero-order valence-electron chi connectivity index (χ0n) is 24.8. The van der Waals surface area contributed by atoms with E-state index < -0.39 is 23.4 Å². The highest BCUT2D eigenvalue weighted by atomic mass is 16.5. The topological polar surface area (TPSA) is 99.6 Å². The van der Waals surface area contributed by atoms with Crippen LogP contribution in [-0.2, 0) is 19.1 Å². The number of aromatic nitrogens is 2. The Morgan fingerprint density at radius 3 is 2.05 bits per heavy atom. The highest BCUT2D eigenvalue weighted by Crippen LogP contribution is 2.48. The Labute approximate surface area is 240 Å². The summed E-state index contributed by atoms with van der Waals surface area (Å²) in [5.41, 5.74) is 2.47. The average Bonchev–Trinajstić information content (AvgIpc) is 2.90. The zero-order valence-corrected chi connectivity index (χ0v) is 24.8. The quantitative estimate of drug-likeness (QED) is 0.156. The molecule has 41 heavy (non-hydrogen) atoms. The Morgan fingerprint density at radius 2 is 1.44 bits per heavy atom. The van der Waals surface area contributed by atoms with Gasteiger partial charge < -0.3 is 19.5 Å². The number of carbonyl (C=O) groups is 2. The first-order valence-electron chi connectivity index (χ1n) is 14.1. The van der Waals surface area contributed by atoms with Gasteiger partial charge in [-0.2, -0.15) is 0 Å². The number of esters is 2. The van der Waals surface area contributed by atoms with E-state index in [1.54, 1.807) is 13.8 Å². The maximum absolute atomic E-state index is 13.9. The Hall–Kier alpha value is -4.20. The van der Waals surface area contributed by atoms with Crippen molar-refractivity contribution < 1.29 is 23.8 Å². The first-order chi connectivity index (χ1) is 19.4. The number of nitrogens with zero attached hydrogens (tertiary/aromatic N) is 2. The molecule has 5 rings (SSSR count). The van der Waals surface area contributed by atoms with Crippen LogP contribution < -0.4 is 10.1 Å². The van der Waals surface area contributed by atoms with Crippen molar-refractivity contribution in [3.8, 4) is 5.75 Å². The normalized spacial score (nSPS) is 15.5. The number of rotatable bonds is 7. The van der Waals surface area contributed by atoms with Gasteiger partial charge in [-0.25, -0.2) is 14.8 Å². The summed E-state index contributed by atoms with van der Waals surface area (Å²) in [5.74, 6) is -1.76. The smallest absolute Gasteiger partial charge is 0.340 e. The van der Waals surface area contributed by atoms with Crippen molar-refractivity contribution in [2.75, 3.05) is 13.2 Å². The molecule has 0 fully saturated rings. The molecule has 0 bridgehead atoms. The van der Waals surface area contributed by atoms with Gasteiger partial charge in [-0.3, -0.25) is 4.79 Å². The third-order valence-corrected chi connectivity index (χ3v) is 6.97. The van der Waals surface area contributed by atoms with Crippen LogP contribution in [0.25, 0.3) is 32.8 Å². The van der Waals surface area contributed by atoms with Crippen LogP contribution in [0.15, 0.2) is 60.0 Å². The molecule has 0 saturated carbocycles. The van der Waals surface area contributed by atoms with Gasteiger partial charge in [0.15, 0.2) is 0 Å². The van der Waals surface area contributed by atoms with E-state index in [0.717, 1.165) is 22.7 Å². The van der Waals surface area contributed by atoms with Gasteiger partial charge in [0.25, 0.3) is 0 Å². The van der Waals surface area contributed by atoms with Crippen LogP contribution in [0.4, 0.5) is 0 Å². The van der Waals surface area contributed by atoms with Crippen molar-refractivity contribution in [1.29, 1.82) is 0 Å². The second-order valence-electron chi connectivity index (χ2n) is 12.2. The van der Waals surface area contributed by atoms with Crippen molar-refractivity contribution in [2.24, 2.45) is 5.41 Å². The van der Waals surface area contributed by atoms with E-state index in [2.05, 4.69) is 26.1 Å². The number of hydrogen-bond acceptors (Lipinski definition) is 8. The SMILES string of the molecule is CCOC(=O)C1=C(NC(C)(C)CC(C)(C)C)Oc2c(c3nc4ccccc4nc3c3ccccc23)C1C(=O)OCC. The minimum atomic E-state index is -1.15. The first-order valence-corrected chi connectivity index (χ1v) is 14.1. The third kappa shape index (κ3) is 5.43. The number of nitrogens with one attached hydrogen (secondary N) is 1. The van der Waals surface area contributed by atoms with Crippen molar-refractivity contribution >= 4 is 44.8 Å². The second kappa shape index (κ2) is 10.7. The molecule has 0 radical (unpaired) electrons. The number of hydrogen-bond donors (Lipinski definition) is 1. The molecule has 0 saturated heterocycles. The van der Waals surface area contributed by atoms with Gasteiger partial charge in [0, 0.05) is 21.9 Å². The van der Waals surface area contributed by atoms with Crippen molar-refractivity contribution in [2.45, 2.75) is 66.3 Å². The van der Waals surface area contributed by atoms with Crippen LogP contribution in [0.2, 0.25) is 0 Å². The van der Waals surface area contributed by atoms with E-state index >= 15 is 0 Å². The fraction of sp³-hybridized carbons (Fsp3) is 0.394. The van der Waals surface area contributed by atoms with Gasteiger partial charge >= 0.3 is 11.9 Å². The highest BCUT2D eigenvalue weighted by Gasteiger charge is 2.44. The van der Waals surface area contributed by atoms with E-state index in [-0.39, 0.29) is 30.1 Å². The van der Waals surface area contributed by atoms with Gasteiger partial charge in [-0.15, -0.1) is 0 Å². The van der Waals surface area contributed by atoms with Crippen LogP contribution in [0, 0.1) is 5.41 Å². The van der Waals surface area contributed by atoms with Crippen LogP contribution in [-0.4, -0.2) is 40.7 Å². The monoisotopic (exact) mass is 555 g/mol. The molecule has 8 nitrogen and oxygen atoms in total. The Kier molecular flexibility index (Phi) is 7.36. The summed E-state index contributed by atoms with van der Waals surface area (Å²) >= 11 is 0. The van der Waals surface area contributed by atoms with Crippen molar-refractivity contribution in [1.82, 2.24) is 15.3 Å². The van der Waals surface area contributed by atoms with Crippen LogP contribution in [0.1, 0.15) is 66.4 Å². The number of benzene rings is 3. The largest absolute Gasteiger partial charge is 0.465 e. The van der Waals surface area contributed by atoms with E-state index in [4.69, 9.17) is 24.2 Å². The first kappa shape index (κ1) is 28.3. The molecule has 1 N–H and O–H groups in total. The summed E-state index contributed by atoms with van der Waals surface area (Å²) in [4.78, 5) is 37.5. The van der Waals surface area contributed by atoms with Crippen molar-refractivity contribution in [3.63, 3.8) is 0 Å². The van der Waals surface area contributed by atoms with Crippen LogP contribution >= 0.6 is 0 Å². The van der Waals surface area contributed by atoms with E-state index in [1.807, 2.05) is 62.4 Å². The molecule has 0 spiro atoms. The predicted octanol–water partition coefficient (Wildman–Crippen LogP) is 6.55. The summed E-state index contributed by atoms with van der Waals surface area (Å²) in [6.07, 6.45) is 0.760. The third-order valence-electron chi connectivity index (χ3n) is 6.97. The van der Waals surface area contributed by atoms with E-state index in [9.17, 15) is 9.59 Å². The minimum Gasteiger partial charge on any atom is -0.465 e. The van der Waals surface area contributed by atoms with Crippen LogP contribution in [0.3, 0.4) is 0 Å². The van der Waals surface area contributed by atoms with E-state index in [0.29, 0.717) is 27.9 Å². The number of ether oxygens (including phenoxy) is 3. The maximum Gasteiger partial charge on any atom is 0.340 e. The highest BCUT2D eigenvalue weighted by molar-refractivity contribution is 6.14. The number of fused-ring (bicyclic) bond motifs is 7. The van der Waals surface area contributed by atoms with Gasteiger partial charge in [0.2, 0.25) is 5.88 Å². The number of para-hydroxylation sites is 2. The Morgan fingerprint density at radius 1 is 0.854 bits per heavy atom. The van der Waals surface area contributed by atoms with Gasteiger partial charge in [-0.05, 0) is 51.7 Å². The molecule has 1 aliphatic heterocycles. The lowest BCUT2D eigenvalue weighted by atomic mass is 9.81.